The lowest BCUT2D eigenvalue weighted by atomic mass is 9.99. The Morgan fingerprint density at radius 2 is 2.19 bits per heavy atom. The molecule has 0 amide bonds. The van der Waals surface area contributed by atoms with Gasteiger partial charge in [0.05, 0.1) is 22.3 Å². The molecular weight excluding hydrogens is 288 g/mol. The summed E-state index contributed by atoms with van der Waals surface area (Å²) in [5.41, 5.74) is 0.341. The van der Waals surface area contributed by atoms with E-state index in [9.17, 15) is 13.2 Å². The number of carbonyl (C=O) groups excluding carboxylic acids is 1. The van der Waals surface area contributed by atoms with Crippen LogP contribution < -0.4 is 0 Å². The van der Waals surface area contributed by atoms with Gasteiger partial charge in [0.15, 0.2) is 9.84 Å². The van der Waals surface area contributed by atoms with E-state index in [0.717, 1.165) is 0 Å². The Bertz CT molecular complexity index is 676. The van der Waals surface area contributed by atoms with Crippen LogP contribution in [0, 0.1) is 17.2 Å². The first-order chi connectivity index (χ1) is 9.92. The highest BCUT2D eigenvalue weighted by Crippen LogP contribution is 2.16. The van der Waals surface area contributed by atoms with Crippen molar-refractivity contribution in [1.82, 2.24) is 4.90 Å². The minimum atomic E-state index is -3.40. The largest absolute Gasteiger partial charge is 0.301 e. The van der Waals surface area contributed by atoms with Crippen molar-refractivity contribution < 1.29 is 13.2 Å². The third kappa shape index (κ3) is 3.90. The molecule has 1 heterocycles. The number of ketones is 1. The van der Waals surface area contributed by atoms with Crippen LogP contribution in [0.5, 0.6) is 0 Å². The highest BCUT2D eigenvalue weighted by molar-refractivity contribution is 7.91. The van der Waals surface area contributed by atoms with Crippen LogP contribution in [0.3, 0.4) is 0 Å². The maximum atomic E-state index is 12.3. The minimum Gasteiger partial charge on any atom is -0.301 e. The Balaban J connectivity index is 2.01. The predicted molar refractivity (Wildman–Crippen MR) is 78.4 cm³/mol. The summed E-state index contributed by atoms with van der Waals surface area (Å²) < 4.78 is 24.6. The maximum Gasteiger partial charge on any atom is 0.179 e. The molecule has 1 aromatic carbocycles. The highest BCUT2D eigenvalue weighted by Gasteiger charge is 2.25. The van der Waals surface area contributed by atoms with Crippen molar-refractivity contribution in [3.63, 3.8) is 0 Å². The summed E-state index contributed by atoms with van der Waals surface area (Å²) in [6.07, 6.45) is 0.491. The lowest BCUT2D eigenvalue weighted by molar-refractivity contribution is -0.125. The molecule has 0 radical (unpaired) electrons. The second-order valence-electron chi connectivity index (χ2n) is 5.38. The molecule has 0 spiro atoms. The number of hydrogen-bond acceptors (Lipinski definition) is 5. The Morgan fingerprint density at radius 3 is 2.86 bits per heavy atom. The average molecular weight is 306 g/mol. The molecule has 2 rings (SSSR count). The Hall–Kier alpha value is -1.71. The molecule has 21 heavy (non-hydrogen) atoms. The molecule has 0 saturated carbocycles. The second kappa shape index (κ2) is 6.37. The van der Waals surface area contributed by atoms with Crippen molar-refractivity contribution in [2.75, 3.05) is 25.4 Å². The van der Waals surface area contributed by atoms with Gasteiger partial charge in [-0.15, -0.1) is 0 Å². The van der Waals surface area contributed by atoms with E-state index >= 15 is 0 Å². The number of likely N-dealkylation sites (tertiary alicyclic amines) is 1. The molecule has 0 aromatic heterocycles. The first-order valence-corrected chi connectivity index (χ1v) is 8.55. The molecular formula is C15H18N2O3S. The van der Waals surface area contributed by atoms with E-state index in [4.69, 9.17) is 5.26 Å². The van der Waals surface area contributed by atoms with Gasteiger partial charge >= 0.3 is 0 Å². The van der Waals surface area contributed by atoms with Crippen molar-refractivity contribution >= 4 is 15.6 Å². The lowest BCUT2D eigenvalue weighted by Gasteiger charge is -2.29. The van der Waals surface area contributed by atoms with E-state index in [1.54, 1.807) is 12.1 Å². The first-order valence-electron chi connectivity index (χ1n) is 6.90. The number of sulfone groups is 1. The SMILES string of the molecule is CC1CN(CCS(=O)(=O)c2cccc(C#N)c2)CCC1=O. The highest BCUT2D eigenvalue weighted by atomic mass is 32.2. The van der Waals surface area contributed by atoms with Gasteiger partial charge in [0.1, 0.15) is 5.78 Å². The van der Waals surface area contributed by atoms with Crippen molar-refractivity contribution in [3.8, 4) is 6.07 Å². The minimum absolute atomic E-state index is 0.00277. The van der Waals surface area contributed by atoms with Gasteiger partial charge < -0.3 is 4.90 Å². The van der Waals surface area contributed by atoms with E-state index in [1.807, 2.05) is 17.9 Å². The first kappa shape index (κ1) is 15.7. The number of piperidine rings is 1. The Kier molecular flexibility index (Phi) is 4.76. The van der Waals surface area contributed by atoms with Crippen molar-refractivity contribution in [3.05, 3.63) is 29.8 Å². The summed E-state index contributed by atoms with van der Waals surface area (Å²) in [5, 5.41) is 8.83. The number of Topliss-reactive ketones (excluding diaryl/α,β-unsaturated/α-hetero) is 1. The van der Waals surface area contributed by atoms with Crippen LogP contribution in [0.1, 0.15) is 18.9 Å². The summed E-state index contributed by atoms with van der Waals surface area (Å²) in [6, 6.07) is 8.01. The third-order valence-corrected chi connectivity index (χ3v) is 5.45. The fourth-order valence-electron chi connectivity index (χ4n) is 2.42. The van der Waals surface area contributed by atoms with Crippen LogP contribution >= 0.6 is 0 Å². The fourth-order valence-corrected chi connectivity index (χ4v) is 3.75. The number of nitriles is 1. The molecule has 112 valence electrons. The molecule has 1 fully saturated rings. The summed E-state index contributed by atoms with van der Waals surface area (Å²) >= 11 is 0. The molecule has 1 saturated heterocycles. The van der Waals surface area contributed by atoms with Crippen LogP contribution in [0.15, 0.2) is 29.2 Å². The van der Waals surface area contributed by atoms with Crippen LogP contribution in [0.4, 0.5) is 0 Å². The van der Waals surface area contributed by atoms with E-state index < -0.39 is 9.84 Å². The Morgan fingerprint density at radius 1 is 1.43 bits per heavy atom. The number of nitrogens with zero attached hydrogens (tertiary/aromatic N) is 2. The fraction of sp³-hybridized carbons (Fsp3) is 0.467. The molecule has 0 N–H and O–H groups in total. The van der Waals surface area contributed by atoms with Crippen molar-refractivity contribution in [2.45, 2.75) is 18.2 Å². The van der Waals surface area contributed by atoms with Crippen LogP contribution in [0.25, 0.3) is 0 Å². The molecule has 1 aromatic rings. The summed E-state index contributed by atoms with van der Waals surface area (Å²) in [4.78, 5) is 13.7. The molecule has 1 aliphatic rings. The van der Waals surface area contributed by atoms with Crippen molar-refractivity contribution in [2.24, 2.45) is 5.92 Å². The molecule has 6 heteroatoms. The smallest absolute Gasteiger partial charge is 0.179 e. The van der Waals surface area contributed by atoms with E-state index in [-0.39, 0.29) is 22.3 Å². The molecule has 1 unspecified atom stereocenters. The van der Waals surface area contributed by atoms with Gasteiger partial charge in [-0.05, 0) is 18.2 Å². The molecule has 5 nitrogen and oxygen atoms in total. The van der Waals surface area contributed by atoms with Crippen LogP contribution in [-0.2, 0) is 14.6 Å². The molecule has 0 bridgehead atoms. The maximum absolute atomic E-state index is 12.3. The number of carbonyl (C=O) groups is 1. The monoisotopic (exact) mass is 306 g/mol. The van der Waals surface area contributed by atoms with Crippen LogP contribution in [-0.4, -0.2) is 44.5 Å². The lowest BCUT2D eigenvalue weighted by Crippen LogP contribution is -2.41. The molecule has 1 atom stereocenters. The third-order valence-electron chi connectivity index (χ3n) is 3.75. The van der Waals surface area contributed by atoms with E-state index in [2.05, 4.69) is 0 Å². The van der Waals surface area contributed by atoms with Gasteiger partial charge in [-0.3, -0.25) is 4.79 Å². The molecule has 1 aliphatic heterocycles. The quantitative estimate of drug-likeness (QED) is 0.836. The summed E-state index contributed by atoms with van der Waals surface area (Å²) in [6.45, 7) is 3.53. The zero-order valence-electron chi connectivity index (χ0n) is 11.9. The number of benzene rings is 1. The zero-order valence-corrected chi connectivity index (χ0v) is 12.8. The standard InChI is InChI=1S/C15H18N2O3S/c1-12-11-17(6-5-15(12)18)7-8-21(19,20)14-4-2-3-13(9-14)10-16/h2-4,9,12H,5-8,11H2,1H3. The molecule has 0 aliphatic carbocycles. The number of hydrogen-bond donors (Lipinski definition) is 0. The van der Waals surface area contributed by atoms with Gasteiger partial charge in [-0.1, -0.05) is 13.0 Å². The summed E-state index contributed by atoms with van der Waals surface area (Å²) in [5.74, 6) is 0.224. The zero-order chi connectivity index (χ0) is 15.5. The average Bonchev–Trinajstić information content (AvgIpc) is 2.48. The number of rotatable bonds is 4. The van der Waals surface area contributed by atoms with Gasteiger partial charge in [0.2, 0.25) is 0 Å². The predicted octanol–water partition coefficient (Wildman–Crippen LogP) is 1.24. The topological polar surface area (TPSA) is 78.2 Å². The van der Waals surface area contributed by atoms with Gasteiger partial charge in [0.25, 0.3) is 0 Å². The summed E-state index contributed by atoms with van der Waals surface area (Å²) in [7, 11) is -3.40. The second-order valence-corrected chi connectivity index (χ2v) is 7.49. The normalized spacial score (nSPS) is 20.2. The van der Waals surface area contributed by atoms with E-state index in [0.29, 0.717) is 31.6 Å². The van der Waals surface area contributed by atoms with Gasteiger partial charge in [0, 0.05) is 32.0 Å². The van der Waals surface area contributed by atoms with E-state index in [1.165, 1.54) is 12.1 Å². The Labute approximate surface area is 125 Å². The van der Waals surface area contributed by atoms with Gasteiger partial charge in [-0.25, -0.2) is 8.42 Å². The van der Waals surface area contributed by atoms with Gasteiger partial charge in [-0.2, -0.15) is 5.26 Å². The van der Waals surface area contributed by atoms with Crippen molar-refractivity contribution in [1.29, 1.82) is 5.26 Å². The van der Waals surface area contributed by atoms with Crippen LogP contribution in [0.2, 0.25) is 0 Å².